The summed E-state index contributed by atoms with van der Waals surface area (Å²) in [6.45, 7) is 10.6. The summed E-state index contributed by atoms with van der Waals surface area (Å²) < 4.78 is 2.01. The Morgan fingerprint density at radius 1 is 1.30 bits per heavy atom. The minimum absolute atomic E-state index is 0.0126. The SMILES string of the molecule is Cc1nn(C(C)(C)C)cc1C(C)Nc1ccc(Cl)cn1. The quantitative estimate of drug-likeness (QED) is 0.923. The molecule has 4 nitrogen and oxygen atoms in total. The molecule has 2 heterocycles. The van der Waals surface area contributed by atoms with E-state index in [0.717, 1.165) is 11.5 Å². The lowest BCUT2D eigenvalue weighted by atomic mass is 10.1. The van der Waals surface area contributed by atoms with E-state index in [1.807, 2.05) is 23.7 Å². The first-order valence-electron chi connectivity index (χ1n) is 6.72. The smallest absolute Gasteiger partial charge is 0.126 e. The number of hydrogen-bond donors (Lipinski definition) is 1. The Hall–Kier alpha value is -1.55. The topological polar surface area (TPSA) is 42.7 Å². The number of nitrogens with zero attached hydrogens (tertiary/aromatic N) is 3. The van der Waals surface area contributed by atoms with Gasteiger partial charge in [-0.05, 0) is 46.8 Å². The van der Waals surface area contributed by atoms with Gasteiger partial charge in [0.2, 0.25) is 0 Å². The molecule has 0 bridgehead atoms. The fourth-order valence-corrected chi connectivity index (χ4v) is 2.11. The summed E-state index contributed by atoms with van der Waals surface area (Å²) in [4.78, 5) is 4.26. The fraction of sp³-hybridized carbons (Fsp3) is 0.467. The van der Waals surface area contributed by atoms with Gasteiger partial charge in [0.25, 0.3) is 0 Å². The van der Waals surface area contributed by atoms with Crippen LogP contribution in [0.2, 0.25) is 5.02 Å². The van der Waals surface area contributed by atoms with Gasteiger partial charge in [-0.3, -0.25) is 4.68 Å². The predicted molar refractivity (Wildman–Crippen MR) is 83.2 cm³/mol. The molecule has 0 aliphatic carbocycles. The highest BCUT2D eigenvalue weighted by atomic mass is 35.5. The van der Waals surface area contributed by atoms with Crippen molar-refractivity contribution in [2.75, 3.05) is 5.32 Å². The van der Waals surface area contributed by atoms with E-state index < -0.39 is 0 Å². The van der Waals surface area contributed by atoms with Crippen LogP contribution in [0, 0.1) is 6.92 Å². The molecule has 20 heavy (non-hydrogen) atoms. The van der Waals surface area contributed by atoms with Gasteiger partial charge in [0.1, 0.15) is 5.82 Å². The maximum absolute atomic E-state index is 5.84. The second-order valence-electron chi connectivity index (χ2n) is 6.01. The minimum atomic E-state index is -0.0126. The molecule has 0 saturated carbocycles. The molecular weight excluding hydrogens is 272 g/mol. The van der Waals surface area contributed by atoms with Crippen molar-refractivity contribution in [1.29, 1.82) is 0 Å². The first-order chi connectivity index (χ1) is 9.27. The molecule has 108 valence electrons. The summed E-state index contributed by atoms with van der Waals surface area (Å²) in [5, 5.41) is 8.60. The molecule has 1 unspecified atom stereocenters. The van der Waals surface area contributed by atoms with Crippen LogP contribution in [0.4, 0.5) is 5.82 Å². The monoisotopic (exact) mass is 292 g/mol. The third-order valence-corrected chi connectivity index (χ3v) is 3.41. The summed E-state index contributed by atoms with van der Waals surface area (Å²) in [6.07, 6.45) is 3.74. The van der Waals surface area contributed by atoms with Gasteiger partial charge < -0.3 is 5.32 Å². The van der Waals surface area contributed by atoms with Crippen LogP contribution < -0.4 is 5.32 Å². The zero-order valence-corrected chi connectivity index (χ0v) is 13.4. The maximum Gasteiger partial charge on any atom is 0.126 e. The van der Waals surface area contributed by atoms with Gasteiger partial charge in [0.15, 0.2) is 0 Å². The number of aryl methyl sites for hydroxylation is 1. The summed E-state index contributed by atoms with van der Waals surface area (Å²) >= 11 is 5.84. The molecule has 2 aromatic heterocycles. The first kappa shape index (κ1) is 14.9. The molecule has 0 spiro atoms. The first-order valence-corrected chi connectivity index (χ1v) is 7.10. The van der Waals surface area contributed by atoms with Crippen molar-refractivity contribution >= 4 is 17.4 Å². The van der Waals surface area contributed by atoms with Crippen LogP contribution >= 0.6 is 11.6 Å². The Labute approximate surface area is 125 Å². The van der Waals surface area contributed by atoms with E-state index >= 15 is 0 Å². The molecule has 2 aromatic rings. The number of aromatic nitrogens is 3. The molecule has 0 saturated heterocycles. The zero-order valence-electron chi connectivity index (χ0n) is 12.6. The average Bonchev–Trinajstić information content (AvgIpc) is 2.74. The largest absolute Gasteiger partial charge is 0.363 e. The van der Waals surface area contributed by atoms with E-state index in [9.17, 15) is 0 Å². The lowest BCUT2D eigenvalue weighted by Crippen LogP contribution is -2.22. The number of halogens is 1. The molecule has 1 atom stereocenters. The van der Waals surface area contributed by atoms with E-state index in [2.05, 4.69) is 49.3 Å². The lowest BCUT2D eigenvalue weighted by Gasteiger charge is -2.19. The molecule has 0 amide bonds. The molecule has 0 aromatic carbocycles. The van der Waals surface area contributed by atoms with Crippen LogP contribution in [0.3, 0.4) is 0 Å². The standard InChI is InChI=1S/C15H21ClN4/c1-10(18-14-7-6-12(16)8-17-14)13-9-20(15(3,4)5)19-11(13)2/h6-10H,1-5H3,(H,17,18). The van der Waals surface area contributed by atoms with Gasteiger partial charge in [-0.2, -0.15) is 5.10 Å². The summed E-state index contributed by atoms with van der Waals surface area (Å²) in [5.41, 5.74) is 2.20. The molecule has 0 aliphatic rings. The van der Waals surface area contributed by atoms with E-state index in [0.29, 0.717) is 5.02 Å². The van der Waals surface area contributed by atoms with Crippen molar-refractivity contribution in [3.63, 3.8) is 0 Å². The van der Waals surface area contributed by atoms with Crippen molar-refractivity contribution in [2.24, 2.45) is 0 Å². The molecule has 2 rings (SSSR count). The lowest BCUT2D eigenvalue weighted by molar-refractivity contribution is 0.354. The third kappa shape index (κ3) is 3.31. The normalized spacial score (nSPS) is 13.3. The maximum atomic E-state index is 5.84. The number of hydrogen-bond acceptors (Lipinski definition) is 3. The van der Waals surface area contributed by atoms with Crippen molar-refractivity contribution < 1.29 is 0 Å². The van der Waals surface area contributed by atoms with Gasteiger partial charge in [-0.1, -0.05) is 11.6 Å². The van der Waals surface area contributed by atoms with Crippen LogP contribution in [0.15, 0.2) is 24.5 Å². The molecule has 0 fully saturated rings. The van der Waals surface area contributed by atoms with Gasteiger partial charge in [-0.15, -0.1) is 0 Å². The van der Waals surface area contributed by atoms with E-state index in [1.165, 1.54) is 5.56 Å². The van der Waals surface area contributed by atoms with Gasteiger partial charge in [0, 0.05) is 18.0 Å². The van der Waals surface area contributed by atoms with Crippen LogP contribution in [0.25, 0.3) is 0 Å². The Morgan fingerprint density at radius 3 is 2.50 bits per heavy atom. The van der Waals surface area contributed by atoms with Gasteiger partial charge >= 0.3 is 0 Å². The van der Waals surface area contributed by atoms with E-state index in [1.54, 1.807) is 6.20 Å². The molecular formula is C15H21ClN4. The van der Waals surface area contributed by atoms with Crippen molar-refractivity contribution in [1.82, 2.24) is 14.8 Å². The van der Waals surface area contributed by atoms with Gasteiger partial charge in [-0.25, -0.2) is 4.98 Å². The fourth-order valence-electron chi connectivity index (χ4n) is 2.00. The number of anilines is 1. The Balaban J connectivity index is 2.19. The van der Waals surface area contributed by atoms with Crippen LogP contribution in [0.1, 0.15) is 45.0 Å². The zero-order chi connectivity index (χ0) is 14.9. The highest BCUT2D eigenvalue weighted by Gasteiger charge is 2.19. The summed E-state index contributed by atoms with van der Waals surface area (Å²) in [5.74, 6) is 0.810. The molecule has 0 radical (unpaired) electrons. The number of pyridine rings is 1. The molecule has 1 N–H and O–H groups in total. The van der Waals surface area contributed by atoms with Crippen molar-refractivity contribution in [3.05, 3.63) is 40.8 Å². The van der Waals surface area contributed by atoms with E-state index in [-0.39, 0.29) is 11.6 Å². The highest BCUT2D eigenvalue weighted by Crippen LogP contribution is 2.24. The van der Waals surface area contributed by atoms with Crippen LogP contribution in [-0.2, 0) is 5.54 Å². The predicted octanol–water partition coefficient (Wildman–Crippen LogP) is 4.17. The molecule has 5 heteroatoms. The summed E-state index contributed by atoms with van der Waals surface area (Å²) in [6, 6.07) is 3.84. The van der Waals surface area contributed by atoms with Crippen LogP contribution in [-0.4, -0.2) is 14.8 Å². The van der Waals surface area contributed by atoms with E-state index in [4.69, 9.17) is 11.6 Å². The Bertz CT molecular complexity index is 581. The van der Waals surface area contributed by atoms with Gasteiger partial charge in [0.05, 0.1) is 22.3 Å². The Morgan fingerprint density at radius 2 is 2.00 bits per heavy atom. The van der Waals surface area contributed by atoms with Crippen molar-refractivity contribution in [2.45, 2.75) is 46.2 Å². The van der Waals surface area contributed by atoms with Crippen LogP contribution in [0.5, 0.6) is 0 Å². The highest BCUT2D eigenvalue weighted by molar-refractivity contribution is 6.30. The Kier molecular flexibility index (Phi) is 4.04. The van der Waals surface area contributed by atoms with Crippen molar-refractivity contribution in [3.8, 4) is 0 Å². The minimum Gasteiger partial charge on any atom is -0.363 e. The average molecular weight is 293 g/mol. The number of rotatable bonds is 3. The molecule has 0 aliphatic heterocycles. The second-order valence-corrected chi connectivity index (χ2v) is 6.45. The third-order valence-electron chi connectivity index (χ3n) is 3.18. The summed E-state index contributed by atoms with van der Waals surface area (Å²) in [7, 11) is 0. The number of nitrogens with one attached hydrogen (secondary N) is 1. The second kappa shape index (κ2) is 5.44.